The Kier molecular flexibility index (Phi) is 6.94. The highest BCUT2D eigenvalue weighted by atomic mass is 16.5. The molecule has 4 rings (SSSR count). The number of carbonyl (C=O) groups excluding carboxylic acids is 1. The van der Waals surface area contributed by atoms with Crippen molar-refractivity contribution in [3.8, 4) is 51.6 Å². The molecule has 3 aromatic carbocycles. The summed E-state index contributed by atoms with van der Waals surface area (Å²) in [5.74, 6) is -4.38. The second-order valence-electron chi connectivity index (χ2n) is 8.29. The first-order valence-corrected chi connectivity index (χ1v) is 11.2. The van der Waals surface area contributed by atoms with E-state index >= 15 is 0 Å². The molecule has 1 heterocycles. The normalized spacial score (nSPS) is 11.8. The van der Waals surface area contributed by atoms with Gasteiger partial charge >= 0.3 is 5.97 Å². The van der Waals surface area contributed by atoms with Gasteiger partial charge in [0.15, 0.2) is 28.8 Å². The number of esters is 1. The minimum Gasteiger partial charge on any atom is -0.507 e. The van der Waals surface area contributed by atoms with Crippen molar-refractivity contribution in [3.63, 3.8) is 0 Å². The number of phenolic OH excluding ortho intramolecular Hbond substituents is 4. The zero-order chi connectivity index (χ0) is 27.7. The average molecular weight is 524 g/mol. The number of carbonyl (C=O) groups is 1. The molecule has 0 radical (unpaired) electrons. The molecule has 1 atom stereocenters. The van der Waals surface area contributed by atoms with Gasteiger partial charge < -0.3 is 44.2 Å². The van der Waals surface area contributed by atoms with Gasteiger partial charge in [-0.3, -0.25) is 9.59 Å². The van der Waals surface area contributed by atoms with Gasteiger partial charge in [0.25, 0.3) is 0 Å². The van der Waals surface area contributed by atoms with Crippen LogP contribution in [0.5, 0.6) is 40.2 Å². The van der Waals surface area contributed by atoms with Crippen LogP contribution in [0.1, 0.15) is 23.5 Å². The van der Waals surface area contributed by atoms with Crippen molar-refractivity contribution in [2.75, 3.05) is 21.3 Å². The van der Waals surface area contributed by atoms with Gasteiger partial charge in [0.2, 0.25) is 11.2 Å². The van der Waals surface area contributed by atoms with Crippen molar-refractivity contribution in [1.29, 1.82) is 0 Å². The van der Waals surface area contributed by atoms with Gasteiger partial charge in [-0.15, -0.1) is 0 Å². The topological polar surface area (TPSA) is 176 Å². The number of rotatable bonds is 7. The molecule has 0 aliphatic heterocycles. The Morgan fingerprint density at radius 1 is 0.842 bits per heavy atom. The fourth-order valence-electron chi connectivity index (χ4n) is 4.25. The highest BCUT2D eigenvalue weighted by Crippen LogP contribution is 2.46. The maximum absolute atomic E-state index is 13.2. The predicted octanol–water partition coefficient (Wildman–Crippen LogP) is 3.70. The van der Waals surface area contributed by atoms with Crippen LogP contribution in [0.2, 0.25) is 0 Å². The first-order valence-electron chi connectivity index (χ1n) is 11.2. The Balaban J connectivity index is 2.08. The number of aromatic hydroxyl groups is 5. The van der Waals surface area contributed by atoms with Gasteiger partial charge in [-0.1, -0.05) is 6.07 Å². The summed E-state index contributed by atoms with van der Waals surface area (Å²) in [6, 6.07) is 9.14. The molecular formula is C27H24O11. The Morgan fingerprint density at radius 3 is 2.18 bits per heavy atom. The molecule has 4 aromatic rings. The molecule has 198 valence electrons. The van der Waals surface area contributed by atoms with E-state index in [2.05, 4.69) is 0 Å². The quantitative estimate of drug-likeness (QED) is 0.176. The Hall–Kier alpha value is -5.06. The lowest BCUT2D eigenvalue weighted by atomic mass is 9.86. The number of fused-ring (bicyclic) bond motifs is 1. The van der Waals surface area contributed by atoms with E-state index in [4.69, 9.17) is 18.6 Å². The largest absolute Gasteiger partial charge is 0.507 e. The van der Waals surface area contributed by atoms with Crippen LogP contribution >= 0.6 is 0 Å². The molecule has 0 aliphatic carbocycles. The lowest BCUT2D eigenvalue weighted by molar-refractivity contribution is -0.140. The minimum absolute atomic E-state index is 0.0150. The van der Waals surface area contributed by atoms with Gasteiger partial charge in [0.05, 0.1) is 27.8 Å². The van der Waals surface area contributed by atoms with Crippen LogP contribution in [0.15, 0.2) is 51.7 Å². The molecule has 0 aliphatic rings. The van der Waals surface area contributed by atoms with Crippen LogP contribution in [0, 0.1) is 0 Å². The third-order valence-corrected chi connectivity index (χ3v) is 6.13. The second kappa shape index (κ2) is 10.1. The smallest absolute Gasteiger partial charge is 0.306 e. The molecule has 11 heteroatoms. The Labute approximate surface area is 215 Å². The van der Waals surface area contributed by atoms with E-state index in [-0.39, 0.29) is 23.1 Å². The van der Waals surface area contributed by atoms with E-state index in [9.17, 15) is 35.1 Å². The summed E-state index contributed by atoms with van der Waals surface area (Å²) in [5.41, 5.74) is -0.957. The molecule has 0 saturated heterocycles. The lowest BCUT2D eigenvalue weighted by Gasteiger charge is -2.21. The van der Waals surface area contributed by atoms with Gasteiger partial charge in [0.1, 0.15) is 22.5 Å². The number of benzene rings is 3. The third kappa shape index (κ3) is 4.45. The Bertz CT molecular complexity index is 1600. The van der Waals surface area contributed by atoms with Crippen LogP contribution in [0.3, 0.4) is 0 Å². The van der Waals surface area contributed by atoms with Crippen molar-refractivity contribution in [2.24, 2.45) is 0 Å². The van der Waals surface area contributed by atoms with Crippen LogP contribution in [0.25, 0.3) is 22.3 Å². The monoisotopic (exact) mass is 524 g/mol. The fourth-order valence-corrected chi connectivity index (χ4v) is 4.25. The van der Waals surface area contributed by atoms with E-state index < -0.39 is 57.2 Å². The molecule has 0 amide bonds. The molecule has 0 unspecified atom stereocenters. The van der Waals surface area contributed by atoms with E-state index in [1.54, 1.807) is 18.2 Å². The molecule has 0 saturated carbocycles. The third-order valence-electron chi connectivity index (χ3n) is 6.13. The maximum atomic E-state index is 13.2. The van der Waals surface area contributed by atoms with Crippen molar-refractivity contribution < 1.29 is 49.0 Å². The van der Waals surface area contributed by atoms with Crippen LogP contribution in [-0.2, 0) is 9.53 Å². The van der Waals surface area contributed by atoms with Crippen LogP contribution in [-0.4, -0.2) is 52.8 Å². The maximum Gasteiger partial charge on any atom is 0.306 e. The number of ether oxygens (including phenoxy) is 3. The molecule has 0 fully saturated rings. The standard InChI is InChI=1S/C27H24O11/c1-35-19-7-5-12(9-20(19)36-2)14(10-21(32)37-3)22-17(30)11-18(31)23-24(33)25(34)26(38-27(22)23)13-4-6-15(28)16(29)8-13/h4-9,11,14,28-31,34H,10H2,1-3H3/t14-/m0/s1. The number of methoxy groups -OCH3 is 3. The van der Waals surface area contributed by atoms with E-state index in [0.29, 0.717) is 17.1 Å². The zero-order valence-corrected chi connectivity index (χ0v) is 20.5. The summed E-state index contributed by atoms with van der Waals surface area (Å²) < 4.78 is 21.4. The molecular weight excluding hydrogens is 500 g/mol. The SMILES string of the molecule is COC(=O)C[C@@H](c1ccc(OC)c(OC)c1)c1c(O)cc(O)c2c(=O)c(O)c(-c3ccc(O)c(O)c3)oc12. The van der Waals surface area contributed by atoms with Crippen LogP contribution in [0.4, 0.5) is 0 Å². The number of hydrogen-bond donors (Lipinski definition) is 5. The first kappa shape index (κ1) is 26.0. The molecule has 0 spiro atoms. The van der Waals surface area contributed by atoms with Crippen molar-refractivity contribution >= 4 is 16.9 Å². The van der Waals surface area contributed by atoms with Crippen molar-refractivity contribution in [1.82, 2.24) is 0 Å². The fraction of sp³-hybridized carbons (Fsp3) is 0.185. The zero-order valence-electron chi connectivity index (χ0n) is 20.5. The van der Waals surface area contributed by atoms with E-state index in [0.717, 1.165) is 18.2 Å². The highest BCUT2D eigenvalue weighted by molar-refractivity contribution is 5.92. The summed E-state index contributed by atoms with van der Waals surface area (Å²) in [4.78, 5) is 25.6. The van der Waals surface area contributed by atoms with Crippen molar-refractivity contribution in [3.05, 3.63) is 63.8 Å². The minimum atomic E-state index is -1.03. The van der Waals surface area contributed by atoms with Gasteiger partial charge in [-0.25, -0.2) is 0 Å². The van der Waals surface area contributed by atoms with Gasteiger partial charge in [-0.05, 0) is 35.9 Å². The number of phenols is 4. The van der Waals surface area contributed by atoms with E-state index in [1.807, 2.05) is 0 Å². The predicted molar refractivity (Wildman–Crippen MR) is 134 cm³/mol. The summed E-state index contributed by atoms with van der Waals surface area (Å²) in [6.07, 6.45) is -0.320. The molecule has 38 heavy (non-hydrogen) atoms. The van der Waals surface area contributed by atoms with Gasteiger partial charge in [0, 0.05) is 23.1 Å². The van der Waals surface area contributed by atoms with Crippen molar-refractivity contribution in [2.45, 2.75) is 12.3 Å². The molecule has 0 bridgehead atoms. The van der Waals surface area contributed by atoms with E-state index in [1.165, 1.54) is 27.4 Å². The first-order chi connectivity index (χ1) is 18.1. The molecule has 5 N–H and O–H groups in total. The summed E-state index contributed by atoms with van der Waals surface area (Å²) >= 11 is 0. The molecule has 1 aromatic heterocycles. The Morgan fingerprint density at radius 2 is 1.55 bits per heavy atom. The lowest BCUT2D eigenvalue weighted by Crippen LogP contribution is -2.13. The van der Waals surface area contributed by atoms with Gasteiger partial charge in [-0.2, -0.15) is 0 Å². The number of hydrogen-bond acceptors (Lipinski definition) is 11. The summed E-state index contributed by atoms with van der Waals surface area (Å²) in [6.45, 7) is 0. The summed E-state index contributed by atoms with van der Waals surface area (Å²) in [7, 11) is 4.06. The molecule has 11 nitrogen and oxygen atoms in total. The highest BCUT2D eigenvalue weighted by Gasteiger charge is 2.30. The second-order valence-corrected chi connectivity index (χ2v) is 8.29. The van der Waals surface area contributed by atoms with Crippen LogP contribution < -0.4 is 14.9 Å². The summed E-state index contributed by atoms with van der Waals surface area (Å²) in [5, 5.41) is 51.3. The average Bonchev–Trinajstić information content (AvgIpc) is 2.90.